The van der Waals surface area contributed by atoms with Crippen molar-refractivity contribution in [3.8, 4) is 0 Å². The van der Waals surface area contributed by atoms with Crippen molar-refractivity contribution in [2.45, 2.75) is 37.9 Å². The van der Waals surface area contributed by atoms with Gasteiger partial charge in [0.2, 0.25) is 5.91 Å². The summed E-state index contributed by atoms with van der Waals surface area (Å²) in [6.07, 6.45) is 6.83. The summed E-state index contributed by atoms with van der Waals surface area (Å²) in [5.74, 6) is 0.345. The van der Waals surface area contributed by atoms with Crippen LogP contribution in [0.25, 0.3) is 0 Å². The summed E-state index contributed by atoms with van der Waals surface area (Å²) in [6, 6.07) is 0.890. The molecule has 4 rings (SSSR count). The fourth-order valence-corrected chi connectivity index (χ4v) is 4.59. The lowest BCUT2D eigenvalue weighted by atomic mass is 9.96. The third-order valence-electron chi connectivity index (χ3n) is 5.90. The molecule has 7 nitrogen and oxygen atoms in total. The molecule has 0 bridgehead atoms. The number of aryl methyl sites for hydroxylation is 1. The molecular weight excluding hydrogens is 318 g/mol. The molecule has 7 heteroatoms. The van der Waals surface area contributed by atoms with Crippen LogP contribution in [0, 0.1) is 0 Å². The number of carbonyl (C=O) groups excluding carboxylic acids is 1. The van der Waals surface area contributed by atoms with Gasteiger partial charge < -0.3 is 9.64 Å². The highest BCUT2D eigenvalue weighted by atomic mass is 16.5. The van der Waals surface area contributed by atoms with Gasteiger partial charge in [0.05, 0.1) is 19.4 Å². The van der Waals surface area contributed by atoms with E-state index in [0.717, 1.165) is 65.3 Å². The molecule has 3 fully saturated rings. The average Bonchev–Trinajstić information content (AvgIpc) is 3.22. The monoisotopic (exact) mass is 347 g/mol. The van der Waals surface area contributed by atoms with Gasteiger partial charge in [0.15, 0.2) is 0 Å². The average molecular weight is 347 g/mol. The van der Waals surface area contributed by atoms with Crippen LogP contribution in [0.1, 0.15) is 24.8 Å². The maximum Gasteiger partial charge on any atom is 0.222 e. The van der Waals surface area contributed by atoms with Crippen molar-refractivity contribution >= 4 is 5.91 Å². The van der Waals surface area contributed by atoms with Gasteiger partial charge in [-0.2, -0.15) is 5.10 Å². The van der Waals surface area contributed by atoms with E-state index in [0.29, 0.717) is 24.4 Å². The van der Waals surface area contributed by atoms with Crippen LogP contribution in [-0.2, 0) is 23.1 Å². The molecule has 1 aromatic rings. The second kappa shape index (κ2) is 7.43. The van der Waals surface area contributed by atoms with Gasteiger partial charge in [-0.15, -0.1) is 0 Å². The van der Waals surface area contributed by atoms with E-state index in [9.17, 15) is 4.79 Å². The minimum Gasteiger partial charge on any atom is -0.379 e. The summed E-state index contributed by atoms with van der Waals surface area (Å²) < 4.78 is 7.28. The van der Waals surface area contributed by atoms with Crippen LogP contribution in [-0.4, -0.2) is 88.4 Å². The zero-order chi connectivity index (χ0) is 17.2. The molecule has 4 heterocycles. The first-order chi connectivity index (χ1) is 12.2. The van der Waals surface area contributed by atoms with Crippen LogP contribution in [0.2, 0.25) is 0 Å². The maximum atomic E-state index is 12.5. The van der Waals surface area contributed by atoms with Crippen molar-refractivity contribution in [3.63, 3.8) is 0 Å². The van der Waals surface area contributed by atoms with E-state index in [2.05, 4.69) is 26.0 Å². The van der Waals surface area contributed by atoms with E-state index < -0.39 is 0 Å². The number of amides is 1. The number of ether oxygens (including phenoxy) is 1. The number of hydrogen-bond acceptors (Lipinski definition) is 5. The summed E-state index contributed by atoms with van der Waals surface area (Å²) in [6.45, 7) is 7.47. The van der Waals surface area contributed by atoms with Gasteiger partial charge in [-0.05, 0) is 12.8 Å². The highest BCUT2D eigenvalue weighted by molar-refractivity contribution is 5.77. The molecule has 3 saturated heterocycles. The molecule has 1 amide bonds. The fraction of sp³-hybridized carbons (Fsp3) is 0.778. The van der Waals surface area contributed by atoms with Gasteiger partial charge in [0, 0.05) is 76.6 Å². The normalized spacial score (nSPS) is 28.5. The molecule has 0 spiro atoms. The van der Waals surface area contributed by atoms with Crippen LogP contribution in [0.3, 0.4) is 0 Å². The minimum absolute atomic E-state index is 0.345. The maximum absolute atomic E-state index is 12.5. The van der Waals surface area contributed by atoms with E-state index in [-0.39, 0.29) is 0 Å². The topological polar surface area (TPSA) is 53.8 Å². The molecule has 25 heavy (non-hydrogen) atoms. The molecule has 0 saturated carbocycles. The van der Waals surface area contributed by atoms with Gasteiger partial charge in [0.1, 0.15) is 0 Å². The Morgan fingerprint density at radius 2 is 2.00 bits per heavy atom. The van der Waals surface area contributed by atoms with Gasteiger partial charge in [-0.1, -0.05) is 0 Å². The van der Waals surface area contributed by atoms with Crippen molar-refractivity contribution in [2.24, 2.45) is 7.05 Å². The first kappa shape index (κ1) is 17.0. The Morgan fingerprint density at radius 1 is 1.16 bits per heavy atom. The van der Waals surface area contributed by atoms with E-state index in [1.165, 1.54) is 5.56 Å². The van der Waals surface area contributed by atoms with E-state index >= 15 is 0 Å². The first-order valence-corrected chi connectivity index (χ1v) is 9.52. The Morgan fingerprint density at radius 3 is 2.76 bits per heavy atom. The number of nitrogens with zero attached hydrogens (tertiary/aromatic N) is 5. The van der Waals surface area contributed by atoms with Crippen molar-refractivity contribution < 1.29 is 9.53 Å². The number of carbonyl (C=O) groups is 1. The summed E-state index contributed by atoms with van der Waals surface area (Å²) in [5, 5.41) is 4.28. The summed E-state index contributed by atoms with van der Waals surface area (Å²) in [5.41, 5.74) is 1.26. The Bertz CT molecular complexity index is 598. The van der Waals surface area contributed by atoms with Gasteiger partial charge in [-0.3, -0.25) is 19.3 Å². The number of hydrogen-bond donors (Lipinski definition) is 0. The van der Waals surface area contributed by atoms with Crippen LogP contribution in [0.4, 0.5) is 0 Å². The number of fused-ring (bicyclic) bond motifs is 1. The lowest BCUT2D eigenvalue weighted by molar-refractivity contribution is -0.138. The Labute approximate surface area is 149 Å². The van der Waals surface area contributed by atoms with Gasteiger partial charge in [0.25, 0.3) is 0 Å². The second-order valence-electron chi connectivity index (χ2n) is 7.50. The summed E-state index contributed by atoms with van der Waals surface area (Å²) in [4.78, 5) is 19.7. The molecule has 2 atom stereocenters. The van der Waals surface area contributed by atoms with Crippen molar-refractivity contribution in [1.82, 2.24) is 24.5 Å². The van der Waals surface area contributed by atoms with Crippen LogP contribution >= 0.6 is 0 Å². The Balaban J connectivity index is 1.37. The standard InChI is InChI=1S/C18H29N5O2/c1-20-13-15(12-19-20)14-22-5-4-17-16(22)2-3-18(24)23(17)7-6-21-8-10-25-11-9-21/h12-13,16-17H,2-11,14H2,1H3/t16-,17-/m1/s1. The molecule has 3 aliphatic heterocycles. The first-order valence-electron chi connectivity index (χ1n) is 9.52. The molecule has 0 unspecified atom stereocenters. The Hall–Kier alpha value is -1.44. The predicted octanol–water partition coefficient (Wildman–Crippen LogP) is 0.318. The van der Waals surface area contributed by atoms with Gasteiger partial charge >= 0.3 is 0 Å². The molecule has 0 aliphatic carbocycles. The Kier molecular flexibility index (Phi) is 5.05. The largest absolute Gasteiger partial charge is 0.379 e. The molecule has 0 aromatic carbocycles. The van der Waals surface area contributed by atoms with Crippen molar-refractivity contribution in [1.29, 1.82) is 0 Å². The smallest absolute Gasteiger partial charge is 0.222 e. The number of morpholine rings is 1. The summed E-state index contributed by atoms with van der Waals surface area (Å²) >= 11 is 0. The second-order valence-corrected chi connectivity index (χ2v) is 7.50. The molecule has 0 radical (unpaired) electrons. The third kappa shape index (κ3) is 3.73. The third-order valence-corrected chi connectivity index (χ3v) is 5.90. The van der Waals surface area contributed by atoms with E-state index in [4.69, 9.17) is 4.74 Å². The van der Waals surface area contributed by atoms with E-state index in [1.54, 1.807) is 0 Å². The van der Waals surface area contributed by atoms with Crippen molar-refractivity contribution in [2.75, 3.05) is 45.9 Å². The highest BCUT2D eigenvalue weighted by Crippen LogP contribution is 2.32. The predicted molar refractivity (Wildman–Crippen MR) is 94.0 cm³/mol. The molecule has 3 aliphatic rings. The zero-order valence-corrected chi connectivity index (χ0v) is 15.1. The number of piperidine rings is 1. The number of likely N-dealkylation sites (tertiary alicyclic amines) is 2. The van der Waals surface area contributed by atoms with Crippen LogP contribution in [0.5, 0.6) is 0 Å². The lowest BCUT2D eigenvalue weighted by Gasteiger charge is -2.41. The molecular formula is C18H29N5O2. The van der Waals surface area contributed by atoms with Gasteiger partial charge in [-0.25, -0.2) is 0 Å². The molecule has 138 valence electrons. The minimum atomic E-state index is 0.345. The SMILES string of the molecule is Cn1cc(CN2CC[C@@H]3[C@H]2CCC(=O)N3CCN2CCOCC2)cn1. The fourth-order valence-electron chi connectivity index (χ4n) is 4.59. The number of aromatic nitrogens is 2. The lowest BCUT2D eigenvalue weighted by Crippen LogP contribution is -2.54. The zero-order valence-electron chi connectivity index (χ0n) is 15.1. The molecule has 0 N–H and O–H groups in total. The quantitative estimate of drug-likeness (QED) is 0.768. The van der Waals surface area contributed by atoms with E-state index in [1.807, 2.05) is 17.9 Å². The summed E-state index contributed by atoms with van der Waals surface area (Å²) in [7, 11) is 1.96. The van der Waals surface area contributed by atoms with Crippen LogP contribution < -0.4 is 0 Å². The highest BCUT2D eigenvalue weighted by Gasteiger charge is 2.42. The molecule has 1 aromatic heterocycles. The van der Waals surface area contributed by atoms with Crippen molar-refractivity contribution in [3.05, 3.63) is 18.0 Å². The number of rotatable bonds is 5. The van der Waals surface area contributed by atoms with Crippen LogP contribution in [0.15, 0.2) is 12.4 Å².